The molecule has 3 N–H and O–H groups in total. The zero-order chi connectivity index (χ0) is 19.0. The van der Waals surface area contributed by atoms with E-state index in [2.05, 4.69) is 20.3 Å². The molecule has 0 aliphatic heterocycles. The largest absolute Gasteiger partial charge is 0.357 e. The number of rotatable bonds is 7. The van der Waals surface area contributed by atoms with Crippen molar-refractivity contribution in [2.75, 3.05) is 17.5 Å². The van der Waals surface area contributed by atoms with Crippen LogP contribution in [0.15, 0.2) is 53.5 Å². The van der Waals surface area contributed by atoms with E-state index in [1.165, 1.54) is 0 Å². The van der Waals surface area contributed by atoms with Gasteiger partial charge in [-0.25, -0.2) is 13.4 Å². The van der Waals surface area contributed by atoms with E-state index in [1.807, 2.05) is 43.3 Å². The molecule has 0 bridgehead atoms. The first-order valence-electron chi connectivity index (χ1n) is 8.20. The molecule has 6 nitrogen and oxygen atoms in total. The third kappa shape index (κ3) is 6.57. The Kier molecular flexibility index (Phi) is 7.29. The van der Waals surface area contributed by atoms with Crippen molar-refractivity contribution in [2.24, 2.45) is 4.99 Å². The topological polar surface area (TPSA) is 82.6 Å². The molecule has 0 atom stereocenters. The quantitative estimate of drug-likeness (QED) is 0.498. The fourth-order valence-corrected chi connectivity index (χ4v) is 3.09. The van der Waals surface area contributed by atoms with E-state index in [-0.39, 0.29) is 0 Å². The number of nitrogens with zero attached hydrogens (tertiary/aromatic N) is 1. The Hall–Kier alpha value is -2.25. The predicted octanol–water partition coefficient (Wildman–Crippen LogP) is 2.97. The van der Waals surface area contributed by atoms with Crippen LogP contribution >= 0.6 is 11.6 Å². The number of aliphatic imine (C=N–C) groups is 1. The van der Waals surface area contributed by atoms with Crippen LogP contribution in [0.25, 0.3) is 0 Å². The van der Waals surface area contributed by atoms with Gasteiger partial charge in [-0.3, -0.25) is 4.72 Å². The maximum Gasteiger partial charge on any atom is 0.229 e. The van der Waals surface area contributed by atoms with Crippen molar-refractivity contribution in [3.8, 4) is 0 Å². The van der Waals surface area contributed by atoms with Crippen LogP contribution in [0.5, 0.6) is 0 Å². The molecule has 0 aromatic heterocycles. The minimum absolute atomic E-state index is 0.330. The molecule has 0 saturated heterocycles. The first kappa shape index (κ1) is 20.1. The van der Waals surface area contributed by atoms with Gasteiger partial charge in [0.1, 0.15) is 0 Å². The van der Waals surface area contributed by atoms with Gasteiger partial charge in [-0.1, -0.05) is 48.0 Å². The van der Waals surface area contributed by atoms with Crippen molar-refractivity contribution in [2.45, 2.75) is 20.0 Å². The van der Waals surface area contributed by atoms with Gasteiger partial charge in [-0.15, -0.1) is 0 Å². The lowest BCUT2D eigenvalue weighted by molar-refractivity contribution is 0.606. The van der Waals surface area contributed by atoms with Gasteiger partial charge in [0.05, 0.1) is 18.5 Å². The summed E-state index contributed by atoms with van der Waals surface area (Å²) in [5, 5.41) is 7.09. The van der Waals surface area contributed by atoms with Crippen molar-refractivity contribution in [1.82, 2.24) is 10.6 Å². The molecule has 0 radical (unpaired) electrons. The summed E-state index contributed by atoms with van der Waals surface area (Å²) in [7, 11) is -3.34. The van der Waals surface area contributed by atoms with Crippen LogP contribution in [0.3, 0.4) is 0 Å². The lowest BCUT2D eigenvalue weighted by Crippen LogP contribution is -2.36. The normalized spacial score (nSPS) is 11.9. The molecule has 0 unspecified atom stereocenters. The van der Waals surface area contributed by atoms with Gasteiger partial charge >= 0.3 is 0 Å². The molecule has 8 heteroatoms. The van der Waals surface area contributed by atoms with Gasteiger partial charge in [-0.05, 0) is 30.2 Å². The molecule has 2 aromatic carbocycles. The average molecular weight is 395 g/mol. The van der Waals surface area contributed by atoms with Crippen molar-refractivity contribution in [3.05, 3.63) is 64.7 Å². The third-order valence-electron chi connectivity index (χ3n) is 3.47. The first-order valence-corrected chi connectivity index (χ1v) is 10.5. The van der Waals surface area contributed by atoms with Gasteiger partial charge in [0, 0.05) is 18.1 Å². The number of halogens is 1. The fraction of sp³-hybridized carbons (Fsp3) is 0.278. The maximum atomic E-state index is 11.5. The standard InChI is InChI=1S/C18H23ClN4O2S/c1-3-20-18(21-12-14-8-4-6-10-16(14)19)22-13-15-9-5-7-11-17(15)23-26(2,24)25/h4-11,23H,3,12-13H2,1-2H3,(H2,20,21,22). The summed E-state index contributed by atoms with van der Waals surface area (Å²) in [5.41, 5.74) is 2.28. The number of hydrogen-bond donors (Lipinski definition) is 3. The Morgan fingerprint density at radius 1 is 1.04 bits per heavy atom. The summed E-state index contributed by atoms with van der Waals surface area (Å²) in [6.07, 6.45) is 1.13. The smallest absolute Gasteiger partial charge is 0.229 e. The van der Waals surface area contributed by atoms with Crippen LogP contribution in [0.4, 0.5) is 5.69 Å². The van der Waals surface area contributed by atoms with Gasteiger partial charge in [0.25, 0.3) is 0 Å². The first-order chi connectivity index (χ1) is 12.4. The molecule has 0 fully saturated rings. The van der Waals surface area contributed by atoms with Crippen molar-refractivity contribution in [1.29, 1.82) is 0 Å². The summed E-state index contributed by atoms with van der Waals surface area (Å²) >= 11 is 6.17. The minimum atomic E-state index is -3.34. The molecule has 0 spiro atoms. The zero-order valence-electron chi connectivity index (χ0n) is 14.8. The molecule has 0 aliphatic rings. The summed E-state index contributed by atoms with van der Waals surface area (Å²) in [4.78, 5) is 4.54. The number of guanidine groups is 1. The van der Waals surface area contributed by atoms with Crippen molar-refractivity contribution in [3.63, 3.8) is 0 Å². The molecule has 2 aromatic rings. The Bertz CT molecular complexity index is 869. The molecule has 0 amide bonds. The van der Waals surface area contributed by atoms with Crippen LogP contribution in [-0.2, 0) is 23.1 Å². The van der Waals surface area contributed by atoms with Crippen LogP contribution in [0.2, 0.25) is 5.02 Å². The highest BCUT2D eigenvalue weighted by atomic mass is 35.5. The Morgan fingerprint density at radius 2 is 1.69 bits per heavy atom. The van der Waals surface area contributed by atoms with Crippen LogP contribution in [0, 0.1) is 0 Å². The SMILES string of the molecule is CCNC(=NCc1ccccc1NS(C)(=O)=O)NCc1ccccc1Cl. The second-order valence-corrected chi connectivity index (χ2v) is 7.83. The lowest BCUT2D eigenvalue weighted by atomic mass is 10.2. The molecular formula is C18H23ClN4O2S. The van der Waals surface area contributed by atoms with Crippen LogP contribution in [-0.4, -0.2) is 27.2 Å². The molecule has 0 saturated carbocycles. The van der Waals surface area contributed by atoms with E-state index < -0.39 is 10.0 Å². The highest BCUT2D eigenvalue weighted by molar-refractivity contribution is 7.92. The summed E-state index contributed by atoms with van der Waals surface area (Å²) in [6, 6.07) is 14.8. The van der Waals surface area contributed by atoms with Gasteiger partial charge < -0.3 is 10.6 Å². The van der Waals surface area contributed by atoms with E-state index in [9.17, 15) is 8.42 Å². The lowest BCUT2D eigenvalue weighted by Gasteiger charge is -2.13. The predicted molar refractivity (Wildman–Crippen MR) is 108 cm³/mol. The highest BCUT2D eigenvalue weighted by Crippen LogP contribution is 2.17. The molecular weight excluding hydrogens is 372 g/mol. The van der Waals surface area contributed by atoms with Crippen LogP contribution in [0.1, 0.15) is 18.1 Å². The highest BCUT2D eigenvalue weighted by Gasteiger charge is 2.07. The molecule has 0 heterocycles. The molecule has 2 rings (SSSR count). The van der Waals surface area contributed by atoms with Crippen molar-refractivity contribution >= 4 is 33.3 Å². The number of nitrogens with one attached hydrogen (secondary N) is 3. The minimum Gasteiger partial charge on any atom is -0.357 e. The number of para-hydroxylation sites is 1. The number of hydrogen-bond acceptors (Lipinski definition) is 3. The van der Waals surface area contributed by atoms with Gasteiger partial charge in [0.15, 0.2) is 5.96 Å². The third-order valence-corrected chi connectivity index (χ3v) is 4.43. The number of sulfonamides is 1. The Balaban J connectivity index is 2.11. The maximum absolute atomic E-state index is 11.5. The van der Waals surface area contributed by atoms with E-state index >= 15 is 0 Å². The van der Waals surface area contributed by atoms with E-state index in [0.717, 1.165) is 17.4 Å². The fourth-order valence-electron chi connectivity index (χ4n) is 2.28. The zero-order valence-corrected chi connectivity index (χ0v) is 16.4. The van der Waals surface area contributed by atoms with Gasteiger partial charge in [-0.2, -0.15) is 0 Å². The van der Waals surface area contributed by atoms with E-state index in [1.54, 1.807) is 12.1 Å². The molecule has 140 valence electrons. The van der Waals surface area contributed by atoms with E-state index in [0.29, 0.717) is 36.3 Å². The summed E-state index contributed by atoms with van der Waals surface area (Å²) < 4.78 is 25.5. The molecule has 0 aliphatic carbocycles. The Morgan fingerprint density at radius 3 is 2.35 bits per heavy atom. The monoisotopic (exact) mass is 394 g/mol. The van der Waals surface area contributed by atoms with Crippen LogP contribution < -0.4 is 15.4 Å². The number of anilines is 1. The van der Waals surface area contributed by atoms with Crippen molar-refractivity contribution < 1.29 is 8.42 Å². The molecule has 26 heavy (non-hydrogen) atoms. The van der Waals surface area contributed by atoms with Gasteiger partial charge in [0.2, 0.25) is 10.0 Å². The Labute approximate surface area is 159 Å². The second kappa shape index (κ2) is 9.45. The number of benzene rings is 2. The second-order valence-electron chi connectivity index (χ2n) is 5.67. The summed E-state index contributed by atoms with van der Waals surface area (Å²) in [6.45, 7) is 3.55. The van der Waals surface area contributed by atoms with E-state index in [4.69, 9.17) is 11.6 Å². The average Bonchev–Trinajstić information content (AvgIpc) is 2.58. The summed E-state index contributed by atoms with van der Waals surface area (Å²) in [5.74, 6) is 0.626.